The molecule has 2 heterocycles. The lowest BCUT2D eigenvalue weighted by Gasteiger charge is -2.36. The normalized spacial score (nSPS) is 29.5. The van der Waals surface area contributed by atoms with E-state index in [4.69, 9.17) is 0 Å². The van der Waals surface area contributed by atoms with Gasteiger partial charge in [-0.15, -0.1) is 11.8 Å². The SMILES string of the molecule is CN(C(=O)C1CSC2(C)CCC(=O)N12)C(C)(C)C(=O)O. The Kier molecular flexibility index (Phi) is 3.52. The summed E-state index contributed by atoms with van der Waals surface area (Å²) in [4.78, 5) is 38.4. The fourth-order valence-electron chi connectivity index (χ4n) is 2.65. The van der Waals surface area contributed by atoms with Crippen LogP contribution in [0.4, 0.5) is 0 Å². The molecule has 1 N–H and O–H groups in total. The molecule has 2 fully saturated rings. The zero-order valence-electron chi connectivity index (χ0n) is 12.2. The highest BCUT2D eigenvalue weighted by molar-refractivity contribution is 8.01. The van der Waals surface area contributed by atoms with Crippen molar-refractivity contribution in [1.82, 2.24) is 9.80 Å². The van der Waals surface area contributed by atoms with Crippen molar-refractivity contribution in [2.24, 2.45) is 0 Å². The molecule has 2 amide bonds. The van der Waals surface area contributed by atoms with Crippen LogP contribution in [0.2, 0.25) is 0 Å². The van der Waals surface area contributed by atoms with Gasteiger partial charge < -0.3 is 14.9 Å². The Bertz CT molecular complexity index is 479. The summed E-state index contributed by atoms with van der Waals surface area (Å²) in [5.74, 6) is -0.850. The fourth-order valence-corrected chi connectivity index (χ4v) is 4.07. The van der Waals surface area contributed by atoms with Crippen LogP contribution in [0, 0.1) is 0 Å². The number of hydrogen-bond donors (Lipinski definition) is 1. The minimum Gasteiger partial charge on any atom is -0.480 e. The van der Waals surface area contributed by atoms with Crippen LogP contribution in [0.25, 0.3) is 0 Å². The van der Waals surface area contributed by atoms with Gasteiger partial charge in [-0.25, -0.2) is 4.79 Å². The summed E-state index contributed by atoms with van der Waals surface area (Å²) in [6.45, 7) is 4.94. The molecule has 0 aromatic carbocycles. The number of aliphatic carboxylic acids is 1. The van der Waals surface area contributed by atoms with E-state index >= 15 is 0 Å². The zero-order chi connectivity index (χ0) is 15.3. The Morgan fingerprint density at radius 2 is 2.10 bits per heavy atom. The molecular formula is C13H20N2O4S. The Hall–Kier alpha value is -1.24. The van der Waals surface area contributed by atoms with Gasteiger partial charge in [0, 0.05) is 19.2 Å². The summed E-state index contributed by atoms with van der Waals surface area (Å²) in [6.07, 6.45) is 1.20. The highest BCUT2D eigenvalue weighted by Gasteiger charge is 2.54. The zero-order valence-corrected chi connectivity index (χ0v) is 13.0. The highest BCUT2D eigenvalue weighted by Crippen LogP contribution is 2.47. The number of likely N-dealkylation sites (N-methyl/N-ethyl adjacent to an activating group) is 1. The molecule has 2 unspecified atom stereocenters. The molecule has 0 aromatic heterocycles. The van der Waals surface area contributed by atoms with Gasteiger partial charge in [0.1, 0.15) is 11.6 Å². The molecule has 112 valence electrons. The predicted octanol–water partition coefficient (Wildman–Crippen LogP) is 0.762. The first-order valence-electron chi connectivity index (χ1n) is 6.58. The van der Waals surface area contributed by atoms with Gasteiger partial charge in [0.15, 0.2) is 0 Å². The average molecular weight is 300 g/mol. The molecular weight excluding hydrogens is 280 g/mol. The molecule has 0 radical (unpaired) electrons. The molecule has 2 aliphatic rings. The van der Waals surface area contributed by atoms with Crippen LogP contribution in [0.15, 0.2) is 0 Å². The third-order valence-corrected chi connectivity index (χ3v) is 5.93. The summed E-state index contributed by atoms with van der Waals surface area (Å²) in [6, 6.07) is -0.552. The second-order valence-electron chi connectivity index (χ2n) is 6.03. The van der Waals surface area contributed by atoms with Crippen molar-refractivity contribution in [3.63, 3.8) is 0 Å². The molecule has 20 heavy (non-hydrogen) atoms. The topological polar surface area (TPSA) is 77.9 Å². The number of nitrogens with zero attached hydrogens (tertiary/aromatic N) is 2. The Morgan fingerprint density at radius 1 is 1.50 bits per heavy atom. The molecule has 7 heteroatoms. The molecule has 6 nitrogen and oxygen atoms in total. The van der Waals surface area contributed by atoms with Gasteiger partial charge in [-0.05, 0) is 27.2 Å². The van der Waals surface area contributed by atoms with Crippen LogP contribution in [0.3, 0.4) is 0 Å². The molecule has 0 bridgehead atoms. The first-order chi connectivity index (χ1) is 9.11. The van der Waals surface area contributed by atoms with Gasteiger partial charge in [0.2, 0.25) is 11.8 Å². The number of carboxylic acid groups (broad SMARTS) is 1. The predicted molar refractivity (Wildman–Crippen MR) is 75.2 cm³/mol. The van der Waals surface area contributed by atoms with E-state index in [0.29, 0.717) is 12.2 Å². The van der Waals surface area contributed by atoms with Gasteiger partial charge in [-0.3, -0.25) is 9.59 Å². The van der Waals surface area contributed by atoms with Crippen LogP contribution in [0.5, 0.6) is 0 Å². The van der Waals surface area contributed by atoms with E-state index in [1.54, 1.807) is 16.7 Å². The monoisotopic (exact) mass is 300 g/mol. The third kappa shape index (κ3) is 2.08. The lowest BCUT2D eigenvalue weighted by atomic mass is 10.0. The number of fused-ring (bicyclic) bond motifs is 1. The van der Waals surface area contributed by atoms with Crippen molar-refractivity contribution in [3.8, 4) is 0 Å². The van der Waals surface area contributed by atoms with Crippen molar-refractivity contribution in [1.29, 1.82) is 0 Å². The molecule has 0 aromatic rings. The molecule has 2 saturated heterocycles. The van der Waals surface area contributed by atoms with Crippen LogP contribution >= 0.6 is 11.8 Å². The van der Waals surface area contributed by atoms with Crippen LogP contribution in [0.1, 0.15) is 33.6 Å². The first-order valence-corrected chi connectivity index (χ1v) is 7.57. The molecule has 2 aliphatic heterocycles. The number of carbonyl (C=O) groups excluding carboxylic acids is 2. The first kappa shape index (κ1) is 15.2. The lowest BCUT2D eigenvalue weighted by Crippen LogP contribution is -2.58. The van der Waals surface area contributed by atoms with Crippen LogP contribution in [-0.2, 0) is 14.4 Å². The van der Waals surface area contributed by atoms with Gasteiger partial charge in [0.25, 0.3) is 0 Å². The van der Waals surface area contributed by atoms with E-state index in [9.17, 15) is 19.5 Å². The second kappa shape index (κ2) is 4.65. The Labute approximate surface area is 122 Å². The van der Waals surface area contributed by atoms with E-state index in [1.807, 2.05) is 6.92 Å². The standard InChI is InChI=1S/C13H20N2O4S/c1-12(2,11(18)19)14(4)10(17)8-7-20-13(3)6-5-9(16)15(8)13/h8H,5-7H2,1-4H3,(H,18,19). The average Bonchev–Trinajstić information content (AvgIpc) is 2.85. The lowest BCUT2D eigenvalue weighted by molar-refractivity contribution is -0.158. The Balaban J connectivity index is 2.22. The van der Waals surface area contributed by atoms with Crippen molar-refractivity contribution in [3.05, 3.63) is 0 Å². The van der Waals surface area contributed by atoms with E-state index in [1.165, 1.54) is 25.8 Å². The summed E-state index contributed by atoms with van der Waals surface area (Å²) >= 11 is 1.60. The maximum atomic E-state index is 12.6. The minimum atomic E-state index is -1.29. The van der Waals surface area contributed by atoms with Crippen molar-refractivity contribution in [2.45, 2.75) is 50.1 Å². The van der Waals surface area contributed by atoms with Gasteiger partial charge in [0.05, 0.1) is 4.87 Å². The number of amides is 2. The van der Waals surface area contributed by atoms with E-state index in [-0.39, 0.29) is 16.7 Å². The van der Waals surface area contributed by atoms with Crippen LogP contribution < -0.4 is 0 Å². The quantitative estimate of drug-likeness (QED) is 0.832. The molecule has 2 atom stereocenters. The number of carboxylic acids is 1. The molecule has 0 spiro atoms. The largest absolute Gasteiger partial charge is 0.480 e. The number of carbonyl (C=O) groups is 3. The van der Waals surface area contributed by atoms with Crippen LogP contribution in [-0.4, -0.2) is 61.9 Å². The molecule has 0 aliphatic carbocycles. The molecule has 0 saturated carbocycles. The van der Waals surface area contributed by atoms with Crippen molar-refractivity contribution >= 4 is 29.5 Å². The summed E-state index contributed by atoms with van der Waals surface area (Å²) < 4.78 is 0. The molecule has 2 rings (SSSR count). The minimum absolute atomic E-state index is 0.0163. The number of rotatable bonds is 3. The summed E-state index contributed by atoms with van der Waals surface area (Å²) in [5.41, 5.74) is -1.29. The smallest absolute Gasteiger partial charge is 0.329 e. The highest BCUT2D eigenvalue weighted by atomic mass is 32.2. The fraction of sp³-hybridized carbons (Fsp3) is 0.769. The van der Waals surface area contributed by atoms with E-state index in [2.05, 4.69) is 0 Å². The third-order valence-electron chi connectivity index (χ3n) is 4.42. The van der Waals surface area contributed by atoms with Gasteiger partial charge in [-0.2, -0.15) is 0 Å². The van der Waals surface area contributed by atoms with Crippen molar-refractivity contribution < 1.29 is 19.5 Å². The van der Waals surface area contributed by atoms with Crippen molar-refractivity contribution in [2.75, 3.05) is 12.8 Å². The summed E-state index contributed by atoms with van der Waals surface area (Å²) in [7, 11) is 1.48. The van der Waals surface area contributed by atoms with Gasteiger partial charge >= 0.3 is 5.97 Å². The van der Waals surface area contributed by atoms with E-state index < -0.39 is 17.6 Å². The van der Waals surface area contributed by atoms with Gasteiger partial charge in [-0.1, -0.05) is 0 Å². The number of thioether (sulfide) groups is 1. The number of hydrogen-bond acceptors (Lipinski definition) is 4. The second-order valence-corrected chi connectivity index (χ2v) is 7.53. The Morgan fingerprint density at radius 3 is 2.65 bits per heavy atom. The van der Waals surface area contributed by atoms with E-state index in [0.717, 1.165) is 6.42 Å². The maximum absolute atomic E-state index is 12.6. The maximum Gasteiger partial charge on any atom is 0.329 e. The summed E-state index contributed by atoms with van der Waals surface area (Å²) in [5, 5.41) is 9.21.